The minimum absolute atomic E-state index is 0.0730. The molecule has 13 heteroatoms. The molecule has 0 spiro atoms. The molecule has 1 aliphatic heterocycles. The predicted octanol–water partition coefficient (Wildman–Crippen LogP) is 6.18. The van der Waals surface area contributed by atoms with Crippen LogP contribution in [0.2, 0.25) is 0 Å². The van der Waals surface area contributed by atoms with Crippen LogP contribution in [-0.4, -0.2) is 55.8 Å². The zero-order chi connectivity index (χ0) is 27.0. The Hall–Kier alpha value is -1.73. The van der Waals surface area contributed by atoms with Gasteiger partial charge in [-0.1, -0.05) is 6.08 Å². The van der Waals surface area contributed by atoms with Crippen molar-refractivity contribution in [2.45, 2.75) is 61.1 Å². The number of hydrogen-bond donors (Lipinski definition) is 0. The summed E-state index contributed by atoms with van der Waals surface area (Å²) < 4.78 is 81.9. The Morgan fingerprint density at radius 2 is 1.81 bits per heavy atom. The second-order valence-electron chi connectivity index (χ2n) is 8.08. The maximum absolute atomic E-state index is 12.9. The van der Waals surface area contributed by atoms with Crippen LogP contribution in [0.25, 0.3) is 0 Å². The highest BCUT2D eigenvalue weighted by molar-refractivity contribution is 8.18. The van der Waals surface area contributed by atoms with Gasteiger partial charge >= 0.3 is 21.6 Å². The van der Waals surface area contributed by atoms with Gasteiger partial charge in [0.05, 0.1) is 24.4 Å². The van der Waals surface area contributed by atoms with E-state index in [4.69, 9.17) is 14.2 Å². The van der Waals surface area contributed by atoms with Gasteiger partial charge in [0.25, 0.3) is 0 Å². The van der Waals surface area contributed by atoms with Crippen LogP contribution in [0.4, 0.5) is 13.2 Å². The highest BCUT2D eigenvalue weighted by Crippen LogP contribution is 2.49. The first-order valence-electron chi connectivity index (χ1n) is 11.2. The molecule has 1 heterocycles. The highest BCUT2D eigenvalue weighted by Gasteiger charge is 2.49. The summed E-state index contributed by atoms with van der Waals surface area (Å²) in [5, 5.41) is 0. The van der Waals surface area contributed by atoms with E-state index in [1.54, 1.807) is 6.92 Å². The molecule has 7 nitrogen and oxygen atoms in total. The zero-order valence-corrected chi connectivity index (χ0v) is 22.8. The molecule has 0 aromatic heterocycles. The molecule has 1 unspecified atom stereocenters. The van der Waals surface area contributed by atoms with Crippen LogP contribution < -0.4 is 13.7 Å². The Bertz CT molecular complexity index is 1010. The fraction of sp³-hybridized carbons (Fsp3) is 0.609. The van der Waals surface area contributed by atoms with E-state index < -0.39 is 39.0 Å². The van der Waals surface area contributed by atoms with Crippen LogP contribution in [0, 0.1) is 0 Å². The van der Waals surface area contributed by atoms with Gasteiger partial charge in [0.2, 0.25) is 0 Å². The number of methoxy groups -OCH3 is 2. The molecule has 0 amide bonds. The largest absolute Gasteiger partial charge is 0.534 e. The van der Waals surface area contributed by atoms with Crippen molar-refractivity contribution in [1.29, 1.82) is 0 Å². The summed E-state index contributed by atoms with van der Waals surface area (Å²) in [4.78, 5) is 12.9. The molecule has 0 N–H and O–H groups in total. The van der Waals surface area contributed by atoms with Crippen LogP contribution in [0.3, 0.4) is 0 Å². The van der Waals surface area contributed by atoms with Gasteiger partial charge in [-0.25, -0.2) is 4.79 Å². The number of halogens is 3. The van der Waals surface area contributed by atoms with Crippen LogP contribution in [-0.2, 0) is 14.9 Å². The third-order valence-electron chi connectivity index (χ3n) is 5.41. The van der Waals surface area contributed by atoms with E-state index in [0.29, 0.717) is 6.42 Å². The van der Waals surface area contributed by atoms with Crippen molar-refractivity contribution in [1.82, 2.24) is 0 Å². The number of hydrogen-bond acceptors (Lipinski definition) is 9. The average Bonchev–Trinajstić information content (AvgIpc) is 2.81. The zero-order valence-electron chi connectivity index (χ0n) is 20.4. The van der Waals surface area contributed by atoms with Crippen molar-refractivity contribution in [2.24, 2.45) is 0 Å². The van der Waals surface area contributed by atoms with E-state index in [-0.39, 0.29) is 15.6 Å². The van der Waals surface area contributed by atoms with Crippen molar-refractivity contribution in [3.8, 4) is 17.2 Å². The summed E-state index contributed by atoms with van der Waals surface area (Å²) in [6.07, 6.45) is 6.56. The molecule has 0 saturated carbocycles. The Morgan fingerprint density at radius 1 is 1.17 bits per heavy atom. The number of thioether (sulfide) groups is 2. The molecule has 1 aromatic carbocycles. The molecule has 2 rings (SSSR count). The number of alkyl halides is 3. The third-order valence-corrected chi connectivity index (χ3v) is 9.93. The second kappa shape index (κ2) is 13.2. The summed E-state index contributed by atoms with van der Waals surface area (Å²) in [7, 11) is -3.68. The van der Waals surface area contributed by atoms with Gasteiger partial charge in [-0.05, 0) is 57.0 Å². The Labute approximate surface area is 218 Å². The number of allylic oxidation sites excluding steroid dienone is 1. The molecular formula is C23H31F3O7S3. The van der Waals surface area contributed by atoms with Gasteiger partial charge in [0.1, 0.15) is 17.1 Å². The molecule has 36 heavy (non-hydrogen) atoms. The second-order valence-corrected chi connectivity index (χ2v) is 12.8. The lowest BCUT2D eigenvalue weighted by Crippen LogP contribution is -2.29. The first kappa shape index (κ1) is 30.5. The van der Waals surface area contributed by atoms with E-state index in [1.807, 2.05) is 29.6 Å². The van der Waals surface area contributed by atoms with Crippen LogP contribution >= 0.6 is 23.5 Å². The van der Waals surface area contributed by atoms with Crippen LogP contribution in [0.5, 0.6) is 17.2 Å². The molecule has 1 saturated heterocycles. The van der Waals surface area contributed by atoms with Crippen molar-refractivity contribution < 1.29 is 44.8 Å². The van der Waals surface area contributed by atoms with Crippen LogP contribution in [0.15, 0.2) is 24.8 Å². The minimum Gasteiger partial charge on any atom is -0.496 e. The predicted molar refractivity (Wildman–Crippen MR) is 136 cm³/mol. The molecule has 1 aromatic rings. The van der Waals surface area contributed by atoms with Gasteiger partial charge in [0.15, 0.2) is 5.75 Å². The Balaban J connectivity index is 2.17. The summed E-state index contributed by atoms with van der Waals surface area (Å²) in [5.74, 6) is -0.116. The Morgan fingerprint density at radius 3 is 2.36 bits per heavy atom. The monoisotopic (exact) mass is 572 g/mol. The fourth-order valence-electron chi connectivity index (χ4n) is 3.59. The maximum Gasteiger partial charge on any atom is 0.534 e. The maximum atomic E-state index is 12.9. The van der Waals surface area contributed by atoms with E-state index in [9.17, 15) is 26.4 Å². The van der Waals surface area contributed by atoms with Gasteiger partial charge in [-0.3, -0.25) is 0 Å². The quantitative estimate of drug-likeness (QED) is 0.119. The molecule has 0 radical (unpaired) electrons. The molecule has 0 bridgehead atoms. The lowest BCUT2D eigenvalue weighted by Gasteiger charge is -2.36. The van der Waals surface area contributed by atoms with Crippen molar-refractivity contribution in [3.63, 3.8) is 0 Å². The molecule has 0 aliphatic carbocycles. The highest BCUT2D eigenvalue weighted by atomic mass is 32.2. The van der Waals surface area contributed by atoms with Gasteiger partial charge in [-0.2, -0.15) is 21.6 Å². The summed E-state index contributed by atoms with van der Waals surface area (Å²) >= 11 is 3.89. The smallest absolute Gasteiger partial charge is 0.496 e. The van der Waals surface area contributed by atoms with Gasteiger partial charge in [0, 0.05) is 12.1 Å². The molecule has 1 aliphatic rings. The minimum atomic E-state index is -6.06. The third kappa shape index (κ3) is 8.14. The van der Waals surface area contributed by atoms with Gasteiger partial charge in [-0.15, -0.1) is 30.1 Å². The molecular weight excluding hydrogens is 541 g/mol. The lowest BCUT2D eigenvalue weighted by molar-refractivity contribution is -0.0500. The average molecular weight is 573 g/mol. The lowest BCUT2D eigenvalue weighted by atomic mass is 10.1. The van der Waals surface area contributed by atoms with E-state index in [0.717, 1.165) is 49.7 Å². The van der Waals surface area contributed by atoms with Crippen molar-refractivity contribution in [3.05, 3.63) is 30.4 Å². The van der Waals surface area contributed by atoms with E-state index in [2.05, 4.69) is 10.8 Å². The number of benzene rings is 1. The number of carbonyl (C=O) groups excluding carboxylic acids is 1. The first-order valence-corrected chi connectivity index (χ1v) is 14.6. The fourth-order valence-corrected chi connectivity index (χ4v) is 7.49. The standard InChI is InChI=1S/C23H31F3O7S3/c1-5-6-10-22(34-12-8-13-35-22)11-7-9-16(2)32-21(27)20-18(31-4)14-17(30-3)15-19(20)33-36(28,29)23(24,25)26/h5,14-16H,1,6-13H2,2-4H3. The van der Waals surface area contributed by atoms with E-state index in [1.165, 1.54) is 20.3 Å². The van der Waals surface area contributed by atoms with Gasteiger partial charge < -0.3 is 18.4 Å². The normalized spacial score (nSPS) is 16.6. The summed E-state index contributed by atoms with van der Waals surface area (Å²) in [6.45, 7) is 5.47. The molecule has 1 fully saturated rings. The Kier molecular flexibility index (Phi) is 11.2. The SMILES string of the molecule is C=CCCC1(CCCC(C)OC(=O)c2c(OC)cc(OC)cc2OS(=O)(=O)C(F)(F)F)SCCCS1. The number of rotatable bonds is 13. The first-order chi connectivity index (χ1) is 16.9. The number of carbonyl (C=O) groups is 1. The van der Waals surface area contributed by atoms with Crippen LogP contribution in [0.1, 0.15) is 55.8 Å². The van der Waals surface area contributed by atoms with Crippen molar-refractivity contribution in [2.75, 3.05) is 25.7 Å². The topological polar surface area (TPSA) is 88.1 Å². The molecule has 1 atom stereocenters. The number of ether oxygens (including phenoxy) is 3. The number of esters is 1. The van der Waals surface area contributed by atoms with E-state index >= 15 is 0 Å². The summed E-state index contributed by atoms with van der Waals surface area (Å²) in [5.41, 5.74) is -6.28. The van der Waals surface area contributed by atoms with Crippen molar-refractivity contribution >= 4 is 39.6 Å². The molecule has 204 valence electrons. The summed E-state index contributed by atoms with van der Waals surface area (Å²) in [6, 6.07) is 2.07.